The summed E-state index contributed by atoms with van der Waals surface area (Å²) >= 11 is 0. The molecule has 13 heavy (non-hydrogen) atoms. The maximum absolute atomic E-state index is 13.7. The van der Waals surface area contributed by atoms with Gasteiger partial charge in [0.05, 0.1) is 7.11 Å². The number of halogens is 1. The lowest BCUT2D eigenvalue weighted by Crippen LogP contribution is -2.12. The second-order valence-corrected chi connectivity index (χ2v) is 3.40. The fourth-order valence-electron chi connectivity index (χ4n) is 1.46. The zero-order valence-electron chi connectivity index (χ0n) is 7.46. The molecule has 0 bridgehead atoms. The molecule has 2 nitrogen and oxygen atoms in total. The molecule has 0 radical (unpaired) electrons. The van der Waals surface area contributed by atoms with Gasteiger partial charge in [-0.25, -0.2) is 4.39 Å². The van der Waals surface area contributed by atoms with Crippen molar-refractivity contribution in [3.05, 3.63) is 29.8 Å². The first kappa shape index (κ1) is 8.51. The lowest BCUT2D eigenvalue weighted by Gasteiger charge is -2.06. The summed E-state index contributed by atoms with van der Waals surface area (Å²) in [5.41, 5.74) is 4.87. The number of methoxy groups -OCH3 is 1. The van der Waals surface area contributed by atoms with Crippen molar-refractivity contribution in [3.8, 4) is 5.75 Å². The summed E-state index contributed by atoms with van der Waals surface area (Å²) in [7, 11) is 1.59. The third-order valence-corrected chi connectivity index (χ3v) is 2.51. The van der Waals surface area contributed by atoms with Crippen LogP contribution in [0.3, 0.4) is 0 Å². The van der Waals surface area contributed by atoms with Gasteiger partial charge < -0.3 is 10.5 Å². The average molecular weight is 181 g/mol. The Morgan fingerprint density at radius 2 is 2.00 bits per heavy atom. The molecule has 2 atom stereocenters. The fraction of sp³-hybridized carbons (Fsp3) is 0.400. The van der Waals surface area contributed by atoms with Gasteiger partial charge in [0, 0.05) is 12.5 Å². The first-order valence-corrected chi connectivity index (χ1v) is 4.26. The molecular weight excluding hydrogens is 169 g/mol. The highest BCUT2D eigenvalue weighted by atomic mass is 19.1. The van der Waals surface area contributed by atoms with Gasteiger partial charge in [0.1, 0.15) is 5.75 Å². The summed E-state index contributed by atoms with van der Waals surface area (Å²) in [6.07, 6.45) is 0.430. The monoisotopic (exact) mass is 181 g/mol. The van der Waals surface area contributed by atoms with Crippen LogP contribution in [-0.4, -0.2) is 13.2 Å². The molecule has 0 unspecified atom stereocenters. The molecule has 0 aromatic heterocycles. The SMILES string of the molecule is COc1ccc([C@@]2(F)C[C@H]2N)cc1. The number of nitrogens with two attached hydrogens (primary N) is 1. The molecule has 0 aliphatic heterocycles. The van der Waals surface area contributed by atoms with Gasteiger partial charge in [-0.15, -0.1) is 0 Å². The van der Waals surface area contributed by atoms with Gasteiger partial charge in [-0.2, -0.15) is 0 Å². The Bertz CT molecular complexity index is 311. The van der Waals surface area contributed by atoms with Gasteiger partial charge in [-0.05, 0) is 17.7 Å². The van der Waals surface area contributed by atoms with Crippen molar-refractivity contribution in [2.75, 3.05) is 7.11 Å². The van der Waals surface area contributed by atoms with Crippen LogP contribution in [0.4, 0.5) is 4.39 Å². The van der Waals surface area contributed by atoms with Crippen LogP contribution in [0, 0.1) is 0 Å². The van der Waals surface area contributed by atoms with E-state index >= 15 is 0 Å². The average Bonchev–Trinajstić information content (AvgIpc) is 2.76. The van der Waals surface area contributed by atoms with Crippen molar-refractivity contribution in [2.24, 2.45) is 5.73 Å². The molecule has 1 aromatic rings. The van der Waals surface area contributed by atoms with Gasteiger partial charge in [0.15, 0.2) is 5.67 Å². The number of benzene rings is 1. The van der Waals surface area contributed by atoms with Gasteiger partial charge in [0.2, 0.25) is 0 Å². The van der Waals surface area contributed by atoms with E-state index in [1.807, 2.05) is 0 Å². The van der Waals surface area contributed by atoms with Crippen molar-refractivity contribution in [3.63, 3.8) is 0 Å². The summed E-state index contributed by atoms with van der Waals surface area (Å²) in [6.45, 7) is 0. The number of hydrogen-bond acceptors (Lipinski definition) is 2. The van der Waals surface area contributed by atoms with E-state index in [-0.39, 0.29) is 6.04 Å². The maximum atomic E-state index is 13.7. The van der Waals surface area contributed by atoms with E-state index in [1.165, 1.54) is 0 Å². The number of alkyl halides is 1. The minimum absolute atomic E-state index is 0.333. The number of ether oxygens (including phenoxy) is 1. The molecular formula is C10H12FNO. The second-order valence-electron chi connectivity index (χ2n) is 3.40. The molecule has 1 saturated carbocycles. The Labute approximate surface area is 76.5 Å². The molecule has 0 spiro atoms. The molecule has 1 aliphatic carbocycles. The van der Waals surface area contributed by atoms with E-state index in [0.29, 0.717) is 12.0 Å². The molecule has 0 saturated heterocycles. The van der Waals surface area contributed by atoms with Crippen molar-refractivity contribution < 1.29 is 9.13 Å². The van der Waals surface area contributed by atoms with E-state index in [2.05, 4.69) is 0 Å². The normalized spacial score (nSPS) is 31.5. The van der Waals surface area contributed by atoms with Crippen LogP contribution in [0.15, 0.2) is 24.3 Å². The van der Waals surface area contributed by atoms with Crippen LogP contribution >= 0.6 is 0 Å². The largest absolute Gasteiger partial charge is 0.497 e. The maximum Gasteiger partial charge on any atom is 0.152 e. The van der Waals surface area contributed by atoms with Crippen LogP contribution in [0.25, 0.3) is 0 Å². The van der Waals surface area contributed by atoms with Crippen LogP contribution < -0.4 is 10.5 Å². The minimum atomic E-state index is -1.29. The summed E-state index contributed by atoms with van der Waals surface area (Å²) in [6, 6.07) is 6.63. The number of rotatable bonds is 2. The molecule has 1 fully saturated rings. The van der Waals surface area contributed by atoms with E-state index < -0.39 is 5.67 Å². The topological polar surface area (TPSA) is 35.2 Å². The van der Waals surface area contributed by atoms with Crippen LogP contribution in [0.2, 0.25) is 0 Å². The van der Waals surface area contributed by atoms with Crippen molar-refractivity contribution >= 4 is 0 Å². The lowest BCUT2D eigenvalue weighted by atomic mass is 10.1. The molecule has 1 aliphatic rings. The predicted octanol–water partition coefficient (Wildman–Crippen LogP) is 1.59. The van der Waals surface area contributed by atoms with Gasteiger partial charge >= 0.3 is 0 Å². The molecule has 0 amide bonds. The Morgan fingerprint density at radius 1 is 1.46 bits per heavy atom. The molecule has 1 aromatic carbocycles. The highest BCUT2D eigenvalue weighted by molar-refractivity contribution is 5.36. The van der Waals surface area contributed by atoms with E-state index in [1.54, 1.807) is 31.4 Å². The van der Waals surface area contributed by atoms with E-state index in [0.717, 1.165) is 5.75 Å². The third-order valence-electron chi connectivity index (χ3n) is 2.51. The highest BCUT2D eigenvalue weighted by Gasteiger charge is 2.54. The van der Waals surface area contributed by atoms with Gasteiger partial charge in [0.25, 0.3) is 0 Å². The fourth-order valence-corrected chi connectivity index (χ4v) is 1.46. The standard InChI is InChI=1S/C10H12FNO/c1-13-8-4-2-7(3-5-8)10(11)6-9(10)12/h2-5,9H,6,12H2,1H3/t9-,10+/m1/s1. The van der Waals surface area contributed by atoms with Gasteiger partial charge in [-0.1, -0.05) is 12.1 Å². The van der Waals surface area contributed by atoms with Crippen LogP contribution in [0.5, 0.6) is 5.75 Å². The molecule has 3 heteroatoms. The van der Waals surface area contributed by atoms with Crippen molar-refractivity contribution in [2.45, 2.75) is 18.1 Å². The molecule has 70 valence electrons. The molecule has 2 N–H and O–H groups in total. The first-order chi connectivity index (χ1) is 6.16. The quantitative estimate of drug-likeness (QED) is 0.752. The van der Waals surface area contributed by atoms with Crippen molar-refractivity contribution in [1.29, 1.82) is 0 Å². The minimum Gasteiger partial charge on any atom is -0.497 e. The summed E-state index contributed by atoms with van der Waals surface area (Å²) < 4.78 is 18.7. The lowest BCUT2D eigenvalue weighted by molar-refractivity contribution is 0.306. The Hall–Kier alpha value is -1.09. The van der Waals surface area contributed by atoms with Crippen LogP contribution in [0.1, 0.15) is 12.0 Å². The van der Waals surface area contributed by atoms with E-state index in [9.17, 15) is 4.39 Å². The number of hydrogen-bond donors (Lipinski definition) is 1. The molecule has 0 heterocycles. The Morgan fingerprint density at radius 3 is 2.38 bits per heavy atom. The highest BCUT2D eigenvalue weighted by Crippen LogP contribution is 2.48. The van der Waals surface area contributed by atoms with Gasteiger partial charge in [-0.3, -0.25) is 0 Å². The van der Waals surface area contributed by atoms with Crippen molar-refractivity contribution in [1.82, 2.24) is 0 Å². The smallest absolute Gasteiger partial charge is 0.152 e. The zero-order valence-corrected chi connectivity index (χ0v) is 7.46. The molecule has 2 rings (SSSR count). The first-order valence-electron chi connectivity index (χ1n) is 4.26. The van der Waals surface area contributed by atoms with Crippen LogP contribution in [-0.2, 0) is 5.67 Å². The Balaban J connectivity index is 2.24. The summed E-state index contributed by atoms with van der Waals surface area (Å²) in [4.78, 5) is 0. The third kappa shape index (κ3) is 1.29. The Kier molecular flexibility index (Phi) is 1.77. The predicted molar refractivity (Wildman–Crippen MR) is 48.4 cm³/mol. The summed E-state index contributed by atoms with van der Waals surface area (Å²) in [5.74, 6) is 0.738. The zero-order chi connectivity index (χ0) is 9.47. The second kappa shape index (κ2) is 2.70. The summed E-state index contributed by atoms with van der Waals surface area (Å²) in [5, 5.41) is 0. The van der Waals surface area contributed by atoms with E-state index in [4.69, 9.17) is 10.5 Å².